The van der Waals surface area contributed by atoms with Gasteiger partial charge in [0.05, 0.1) is 13.2 Å². The van der Waals surface area contributed by atoms with Crippen molar-refractivity contribution in [3.8, 4) is 0 Å². The van der Waals surface area contributed by atoms with Crippen molar-refractivity contribution in [2.45, 2.75) is 52.7 Å². The van der Waals surface area contributed by atoms with Crippen LogP contribution in [-0.2, 0) is 23.8 Å². The van der Waals surface area contributed by atoms with Crippen LogP contribution in [0.25, 0.3) is 0 Å². The molecular formula is C12H22O5. The van der Waals surface area contributed by atoms with Crippen molar-refractivity contribution in [2.24, 2.45) is 0 Å². The molecular weight excluding hydrogens is 224 g/mol. The lowest BCUT2D eigenvalue weighted by Gasteiger charge is -2.17. The Balaban J connectivity index is 3.97. The minimum absolute atomic E-state index is 0.261. The van der Waals surface area contributed by atoms with Gasteiger partial charge in [-0.15, -0.1) is 0 Å². The molecule has 0 heterocycles. The third kappa shape index (κ3) is 8.68. The maximum absolute atomic E-state index is 11.4. The highest BCUT2D eigenvalue weighted by atomic mass is 16.7. The van der Waals surface area contributed by atoms with Gasteiger partial charge >= 0.3 is 11.9 Å². The summed E-state index contributed by atoms with van der Waals surface area (Å²) < 4.78 is 15.1. The number of esters is 2. The van der Waals surface area contributed by atoms with Gasteiger partial charge in [-0.2, -0.15) is 0 Å². The summed E-state index contributed by atoms with van der Waals surface area (Å²) in [6.45, 7) is 6.44. The maximum Gasteiger partial charge on any atom is 0.319 e. The molecule has 1 atom stereocenters. The van der Waals surface area contributed by atoms with Crippen LogP contribution < -0.4 is 0 Å². The first kappa shape index (κ1) is 15.9. The first-order valence-electron chi connectivity index (χ1n) is 6.10. The Morgan fingerprint density at radius 2 is 1.76 bits per heavy atom. The lowest BCUT2D eigenvalue weighted by Crippen LogP contribution is -2.24. The van der Waals surface area contributed by atoms with Crippen LogP contribution in [0.1, 0.15) is 46.5 Å². The van der Waals surface area contributed by atoms with E-state index in [-0.39, 0.29) is 13.0 Å². The van der Waals surface area contributed by atoms with Crippen molar-refractivity contribution in [2.75, 3.05) is 13.2 Å². The zero-order valence-electron chi connectivity index (χ0n) is 10.9. The second kappa shape index (κ2) is 10.1. The molecule has 1 unspecified atom stereocenters. The molecule has 0 aromatic rings. The second-order valence-corrected chi connectivity index (χ2v) is 3.56. The Bertz CT molecular complexity index is 227. The SMILES string of the molecule is CCCOC(CCC)OC(=O)CC(=O)OCC. The standard InChI is InChI=1S/C12H22O5/c1-4-7-12(16-8-5-2)17-11(14)9-10(13)15-6-3/h12H,4-9H2,1-3H3. The average molecular weight is 246 g/mol. The molecule has 0 fully saturated rings. The molecule has 0 N–H and O–H groups in total. The molecule has 0 rings (SSSR count). The Morgan fingerprint density at radius 1 is 1.06 bits per heavy atom. The van der Waals surface area contributed by atoms with Gasteiger partial charge in [0.1, 0.15) is 6.42 Å². The van der Waals surface area contributed by atoms with Crippen LogP contribution in [0.3, 0.4) is 0 Å². The molecule has 0 aliphatic rings. The molecule has 5 heteroatoms. The monoisotopic (exact) mass is 246 g/mol. The van der Waals surface area contributed by atoms with E-state index in [0.717, 1.165) is 12.8 Å². The highest BCUT2D eigenvalue weighted by Crippen LogP contribution is 2.06. The summed E-state index contributed by atoms with van der Waals surface area (Å²) in [5.74, 6) is -1.17. The first-order valence-corrected chi connectivity index (χ1v) is 6.10. The van der Waals surface area contributed by atoms with E-state index in [1.54, 1.807) is 6.92 Å². The van der Waals surface area contributed by atoms with E-state index < -0.39 is 18.2 Å². The molecule has 100 valence electrons. The molecule has 5 nitrogen and oxygen atoms in total. The fourth-order valence-corrected chi connectivity index (χ4v) is 1.18. The van der Waals surface area contributed by atoms with Gasteiger partial charge in [0.15, 0.2) is 0 Å². The van der Waals surface area contributed by atoms with Crippen molar-refractivity contribution in [3.63, 3.8) is 0 Å². The van der Waals surface area contributed by atoms with Crippen LogP contribution in [0.15, 0.2) is 0 Å². The number of carbonyl (C=O) groups is 2. The summed E-state index contributed by atoms with van der Waals surface area (Å²) in [5.41, 5.74) is 0. The zero-order valence-corrected chi connectivity index (χ0v) is 10.9. The summed E-state index contributed by atoms with van der Waals surface area (Å²) in [5, 5.41) is 0. The van der Waals surface area contributed by atoms with E-state index in [4.69, 9.17) is 9.47 Å². The highest BCUT2D eigenvalue weighted by Gasteiger charge is 2.17. The molecule has 17 heavy (non-hydrogen) atoms. The molecule has 0 aliphatic carbocycles. The predicted octanol–water partition coefficient (Wildman–Crippen LogP) is 2.04. The number of hydrogen-bond acceptors (Lipinski definition) is 5. The Labute approximate surface area is 102 Å². The van der Waals surface area contributed by atoms with E-state index in [0.29, 0.717) is 13.0 Å². The van der Waals surface area contributed by atoms with Crippen LogP contribution in [-0.4, -0.2) is 31.4 Å². The Hall–Kier alpha value is -1.10. The molecule has 0 saturated heterocycles. The fraction of sp³-hybridized carbons (Fsp3) is 0.833. The summed E-state index contributed by atoms with van der Waals surface area (Å²) in [4.78, 5) is 22.4. The minimum atomic E-state index is -0.599. The van der Waals surface area contributed by atoms with Crippen LogP contribution in [0, 0.1) is 0 Å². The quantitative estimate of drug-likeness (QED) is 0.354. The predicted molar refractivity (Wildman–Crippen MR) is 62.3 cm³/mol. The van der Waals surface area contributed by atoms with Crippen molar-refractivity contribution in [3.05, 3.63) is 0 Å². The molecule has 0 aromatic heterocycles. The van der Waals surface area contributed by atoms with Crippen LogP contribution in [0.2, 0.25) is 0 Å². The van der Waals surface area contributed by atoms with Gasteiger partial charge in [0.2, 0.25) is 6.29 Å². The number of ether oxygens (including phenoxy) is 3. The van der Waals surface area contributed by atoms with Crippen molar-refractivity contribution >= 4 is 11.9 Å². The fourth-order valence-electron chi connectivity index (χ4n) is 1.18. The summed E-state index contributed by atoms with van der Waals surface area (Å²) >= 11 is 0. The zero-order chi connectivity index (χ0) is 13.1. The number of hydrogen-bond donors (Lipinski definition) is 0. The van der Waals surface area contributed by atoms with Gasteiger partial charge in [-0.05, 0) is 13.3 Å². The molecule has 0 amide bonds. The molecule has 0 spiro atoms. The summed E-state index contributed by atoms with van der Waals surface area (Å²) in [6, 6.07) is 0. The van der Waals surface area contributed by atoms with Gasteiger partial charge in [-0.25, -0.2) is 0 Å². The van der Waals surface area contributed by atoms with E-state index in [1.165, 1.54) is 0 Å². The maximum atomic E-state index is 11.4. The van der Waals surface area contributed by atoms with Gasteiger partial charge in [0.25, 0.3) is 0 Å². The van der Waals surface area contributed by atoms with Crippen LogP contribution in [0.4, 0.5) is 0 Å². The topological polar surface area (TPSA) is 61.8 Å². The number of rotatable bonds is 9. The molecule has 0 aromatic carbocycles. The lowest BCUT2D eigenvalue weighted by molar-refractivity contribution is -0.182. The lowest BCUT2D eigenvalue weighted by atomic mass is 10.3. The summed E-state index contributed by atoms with van der Waals surface area (Å²) in [7, 11) is 0. The van der Waals surface area contributed by atoms with E-state index in [9.17, 15) is 9.59 Å². The average Bonchev–Trinajstić information content (AvgIpc) is 2.26. The largest absolute Gasteiger partial charge is 0.466 e. The molecule has 0 radical (unpaired) electrons. The highest BCUT2D eigenvalue weighted by molar-refractivity contribution is 5.91. The third-order valence-corrected chi connectivity index (χ3v) is 1.89. The van der Waals surface area contributed by atoms with Gasteiger partial charge < -0.3 is 14.2 Å². The summed E-state index contributed by atoms with van der Waals surface area (Å²) in [6.07, 6.45) is 1.43. The first-order chi connectivity index (χ1) is 8.13. The minimum Gasteiger partial charge on any atom is -0.466 e. The van der Waals surface area contributed by atoms with Crippen LogP contribution in [0.5, 0.6) is 0 Å². The number of carbonyl (C=O) groups excluding carboxylic acids is 2. The van der Waals surface area contributed by atoms with Crippen molar-refractivity contribution in [1.82, 2.24) is 0 Å². The normalized spacial score (nSPS) is 11.9. The second-order valence-electron chi connectivity index (χ2n) is 3.56. The van der Waals surface area contributed by atoms with E-state index in [2.05, 4.69) is 4.74 Å². The van der Waals surface area contributed by atoms with Gasteiger partial charge in [-0.1, -0.05) is 20.3 Å². The molecule has 0 bridgehead atoms. The molecule has 0 saturated carbocycles. The third-order valence-electron chi connectivity index (χ3n) is 1.89. The van der Waals surface area contributed by atoms with Crippen molar-refractivity contribution in [1.29, 1.82) is 0 Å². The van der Waals surface area contributed by atoms with E-state index >= 15 is 0 Å². The van der Waals surface area contributed by atoms with Gasteiger partial charge in [0, 0.05) is 6.42 Å². The Kier molecular flexibility index (Phi) is 9.43. The van der Waals surface area contributed by atoms with E-state index in [1.807, 2.05) is 13.8 Å². The van der Waals surface area contributed by atoms with Gasteiger partial charge in [-0.3, -0.25) is 9.59 Å². The van der Waals surface area contributed by atoms with Crippen molar-refractivity contribution < 1.29 is 23.8 Å². The smallest absolute Gasteiger partial charge is 0.319 e. The Morgan fingerprint density at radius 3 is 2.29 bits per heavy atom. The molecule has 0 aliphatic heterocycles. The van der Waals surface area contributed by atoms with Crippen LogP contribution >= 0.6 is 0 Å².